The summed E-state index contributed by atoms with van der Waals surface area (Å²) in [6.07, 6.45) is 1.81. The summed E-state index contributed by atoms with van der Waals surface area (Å²) in [5.41, 5.74) is 5.68. The van der Waals surface area contributed by atoms with E-state index >= 15 is 0 Å². The Labute approximate surface area is 214 Å². The van der Waals surface area contributed by atoms with Gasteiger partial charge in [0.15, 0.2) is 0 Å². The van der Waals surface area contributed by atoms with Gasteiger partial charge >= 0.3 is 6.09 Å². The number of rotatable bonds is 11. The fourth-order valence-electron chi connectivity index (χ4n) is 4.66. The van der Waals surface area contributed by atoms with E-state index in [-0.39, 0.29) is 5.91 Å². The van der Waals surface area contributed by atoms with Crippen LogP contribution in [0.1, 0.15) is 61.5 Å². The molecule has 0 bridgehead atoms. The average molecular weight is 494 g/mol. The first kappa shape index (κ1) is 27.4. The van der Waals surface area contributed by atoms with Gasteiger partial charge < -0.3 is 19.6 Å². The van der Waals surface area contributed by atoms with Crippen molar-refractivity contribution in [3.8, 4) is 0 Å². The van der Waals surface area contributed by atoms with Crippen LogP contribution in [0.5, 0.6) is 0 Å². The third kappa shape index (κ3) is 7.42. The van der Waals surface area contributed by atoms with Crippen molar-refractivity contribution in [2.45, 2.75) is 40.0 Å². The Morgan fingerprint density at radius 2 is 1.61 bits per heavy atom. The number of likely N-dealkylation sites (tertiary alicyclic amines) is 1. The highest BCUT2D eigenvalue weighted by molar-refractivity contribution is 5.95. The lowest BCUT2D eigenvalue weighted by atomic mass is 9.88. The van der Waals surface area contributed by atoms with Crippen LogP contribution in [0, 0.1) is 0 Å². The summed E-state index contributed by atoms with van der Waals surface area (Å²) >= 11 is 0. The first-order valence-electron chi connectivity index (χ1n) is 13.0. The molecule has 0 unspecified atom stereocenters. The minimum absolute atomic E-state index is 0.0343. The maximum absolute atomic E-state index is 12.8. The van der Waals surface area contributed by atoms with Gasteiger partial charge in [-0.25, -0.2) is 4.79 Å². The lowest BCUT2D eigenvalue weighted by Gasteiger charge is -2.30. The highest BCUT2D eigenvalue weighted by atomic mass is 16.5. The molecule has 2 amide bonds. The Morgan fingerprint density at radius 3 is 2.22 bits per heavy atom. The molecule has 1 saturated heterocycles. The van der Waals surface area contributed by atoms with E-state index in [0.717, 1.165) is 68.8 Å². The summed E-state index contributed by atoms with van der Waals surface area (Å²) < 4.78 is 5.67. The Kier molecular flexibility index (Phi) is 10.5. The SMILES string of the molecule is CCCOCCN1CCC(=C(c2ccc(C(=O)N(CC)CC)cc2)c2cccc(NC(=O)O)c2)CC1. The van der Waals surface area contributed by atoms with Crippen molar-refractivity contribution >= 4 is 23.3 Å². The van der Waals surface area contributed by atoms with Gasteiger partial charge in [0.25, 0.3) is 5.91 Å². The van der Waals surface area contributed by atoms with Gasteiger partial charge in [0.05, 0.1) is 6.61 Å². The minimum Gasteiger partial charge on any atom is -0.465 e. The lowest BCUT2D eigenvalue weighted by molar-refractivity contribution is 0.0773. The molecule has 3 rings (SSSR count). The first-order valence-corrected chi connectivity index (χ1v) is 13.0. The maximum atomic E-state index is 12.8. The number of benzene rings is 2. The monoisotopic (exact) mass is 493 g/mol. The molecule has 1 fully saturated rings. The maximum Gasteiger partial charge on any atom is 0.409 e. The number of anilines is 1. The van der Waals surface area contributed by atoms with E-state index in [4.69, 9.17) is 4.74 Å². The van der Waals surface area contributed by atoms with Crippen LogP contribution in [0.4, 0.5) is 10.5 Å². The quantitative estimate of drug-likeness (QED) is 0.399. The number of nitrogens with one attached hydrogen (secondary N) is 1. The van der Waals surface area contributed by atoms with Crippen LogP contribution in [0.25, 0.3) is 5.57 Å². The first-order chi connectivity index (χ1) is 17.5. The molecule has 0 saturated carbocycles. The summed E-state index contributed by atoms with van der Waals surface area (Å²) in [6, 6.07) is 15.4. The highest BCUT2D eigenvalue weighted by Gasteiger charge is 2.20. The summed E-state index contributed by atoms with van der Waals surface area (Å²) in [4.78, 5) is 28.3. The van der Waals surface area contributed by atoms with E-state index in [1.165, 1.54) is 5.57 Å². The molecule has 2 aromatic carbocycles. The number of piperidine rings is 1. The molecule has 0 aromatic heterocycles. The molecule has 1 aliphatic rings. The largest absolute Gasteiger partial charge is 0.465 e. The number of carboxylic acid groups (broad SMARTS) is 1. The van der Waals surface area contributed by atoms with E-state index in [2.05, 4.69) is 17.1 Å². The van der Waals surface area contributed by atoms with E-state index < -0.39 is 6.09 Å². The minimum atomic E-state index is -1.08. The van der Waals surface area contributed by atoms with Crippen molar-refractivity contribution in [2.24, 2.45) is 0 Å². The van der Waals surface area contributed by atoms with Crippen molar-refractivity contribution in [3.63, 3.8) is 0 Å². The average Bonchev–Trinajstić information content (AvgIpc) is 2.88. The number of carbonyl (C=O) groups excluding carboxylic acids is 1. The van der Waals surface area contributed by atoms with Crippen molar-refractivity contribution in [1.29, 1.82) is 0 Å². The van der Waals surface area contributed by atoms with Gasteiger partial charge in [-0.1, -0.05) is 36.8 Å². The van der Waals surface area contributed by atoms with Crippen molar-refractivity contribution in [3.05, 3.63) is 70.8 Å². The van der Waals surface area contributed by atoms with Gasteiger partial charge in [0.2, 0.25) is 0 Å². The molecule has 0 atom stereocenters. The molecule has 0 radical (unpaired) electrons. The Bertz CT molecular complexity index is 1030. The van der Waals surface area contributed by atoms with Crippen LogP contribution in [0.15, 0.2) is 54.1 Å². The van der Waals surface area contributed by atoms with Crippen LogP contribution in [0.2, 0.25) is 0 Å². The highest BCUT2D eigenvalue weighted by Crippen LogP contribution is 2.33. The smallest absolute Gasteiger partial charge is 0.409 e. The number of carbonyl (C=O) groups is 2. The van der Waals surface area contributed by atoms with Gasteiger partial charge in [-0.2, -0.15) is 0 Å². The molecule has 194 valence electrons. The molecule has 1 aliphatic heterocycles. The predicted octanol–water partition coefficient (Wildman–Crippen LogP) is 5.58. The zero-order chi connectivity index (χ0) is 25.9. The topological polar surface area (TPSA) is 82.1 Å². The molecule has 36 heavy (non-hydrogen) atoms. The van der Waals surface area contributed by atoms with Gasteiger partial charge in [-0.05, 0) is 74.1 Å². The van der Waals surface area contributed by atoms with Crippen LogP contribution < -0.4 is 5.32 Å². The van der Waals surface area contributed by atoms with E-state index in [1.807, 2.05) is 61.2 Å². The number of amides is 2. The molecular formula is C29H39N3O4. The normalized spacial score (nSPS) is 13.9. The third-order valence-corrected chi connectivity index (χ3v) is 6.59. The van der Waals surface area contributed by atoms with Crippen LogP contribution in [-0.4, -0.2) is 72.8 Å². The number of hydrogen-bond donors (Lipinski definition) is 2. The Hall–Kier alpha value is -3.16. The van der Waals surface area contributed by atoms with Gasteiger partial charge in [-0.3, -0.25) is 10.1 Å². The standard InChI is InChI=1S/C29H39N3O4/c1-4-19-36-20-18-31-16-14-23(15-17-31)27(25-8-7-9-26(21-25)30-29(34)35)22-10-12-24(13-11-22)28(33)32(5-2)6-3/h7-13,21,30H,4-6,14-20H2,1-3H3,(H,34,35). The zero-order valence-corrected chi connectivity index (χ0v) is 21.8. The summed E-state index contributed by atoms with van der Waals surface area (Å²) in [7, 11) is 0. The number of ether oxygens (including phenoxy) is 1. The van der Waals surface area contributed by atoms with E-state index in [0.29, 0.717) is 24.3 Å². The van der Waals surface area contributed by atoms with Gasteiger partial charge in [0.1, 0.15) is 0 Å². The van der Waals surface area contributed by atoms with E-state index in [9.17, 15) is 14.7 Å². The fraction of sp³-hybridized carbons (Fsp3) is 0.448. The zero-order valence-electron chi connectivity index (χ0n) is 21.8. The molecule has 0 spiro atoms. The third-order valence-electron chi connectivity index (χ3n) is 6.59. The molecule has 7 heteroatoms. The molecule has 1 heterocycles. The van der Waals surface area contributed by atoms with Crippen LogP contribution in [0.3, 0.4) is 0 Å². The number of hydrogen-bond acceptors (Lipinski definition) is 4. The second-order valence-electron chi connectivity index (χ2n) is 9.00. The predicted molar refractivity (Wildman–Crippen MR) is 145 cm³/mol. The Morgan fingerprint density at radius 1 is 0.944 bits per heavy atom. The summed E-state index contributed by atoms with van der Waals surface area (Å²) in [6.45, 7) is 11.8. The van der Waals surface area contributed by atoms with Crippen molar-refractivity contribution < 1.29 is 19.4 Å². The summed E-state index contributed by atoms with van der Waals surface area (Å²) in [5.74, 6) is 0.0343. The fourth-order valence-corrected chi connectivity index (χ4v) is 4.66. The van der Waals surface area contributed by atoms with E-state index in [1.54, 1.807) is 6.07 Å². The van der Waals surface area contributed by atoms with Crippen LogP contribution >= 0.6 is 0 Å². The number of nitrogens with zero attached hydrogens (tertiary/aromatic N) is 2. The van der Waals surface area contributed by atoms with Crippen LogP contribution in [-0.2, 0) is 4.74 Å². The summed E-state index contributed by atoms with van der Waals surface area (Å²) in [5, 5.41) is 11.7. The molecule has 0 aliphatic carbocycles. The Balaban J connectivity index is 1.90. The molecule has 2 aromatic rings. The molecule has 7 nitrogen and oxygen atoms in total. The molecular weight excluding hydrogens is 454 g/mol. The van der Waals surface area contributed by atoms with Crippen molar-refractivity contribution in [1.82, 2.24) is 9.80 Å². The van der Waals surface area contributed by atoms with Gasteiger partial charge in [0, 0.05) is 50.6 Å². The second kappa shape index (κ2) is 13.8. The van der Waals surface area contributed by atoms with Crippen molar-refractivity contribution in [2.75, 3.05) is 51.3 Å². The van der Waals surface area contributed by atoms with Gasteiger partial charge in [-0.15, -0.1) is 0 Å². The molecule has 2 N–H and O–H groups in total. The lowest BCUT2D eigenvalue weighted by Crippen LogP contribution is -2.34. The second-order valence-corrected chi connectivity index (χ2v) is 9.00.